The third-order valence-corrected chi connectivity index (χ3v) is 6.28. The minimum atomic E-state index is -0.516. The lowest BCUT2D eigenvalue weighted by molar-refractivity contribution is -0.127. The van der Waals surface area contributed by atoms with Gasteiger partial charge in [-0.25, -0.2) is 9.79 Å². The van der Waals surface area contributed by atoms with Gasteiger partial charge >= 0.3 is 6.03 Å². The maximum atomic E-state index is 12.7. The first-order valence-corrected chi connectivity index (χ1v) is 10.6. The molecule has 1 saturated heterocycles. The topological polar surface area (TPSA) is 65.0 Å². The van der Waals surface area contributed by atoms with Crippen molar-refractivity contribution in [2.24, 2.45) is 4.99 Å². The molecule has 0 aliphatic carbocycles. The molecule has 0 aromatic heterocycles. The fourth-order valence-corrected chi connectivity index (χ4v) is 4.75. The molecule has 2 aromatic rings. The lowest BCUT2D eigenvalue weighted by atomic mass is 10.1. The lowest BCUT2D eigenvalue weighted by Crippen LogP contribution is -2.63. The summed E-state index contributed by atoms with van der Waals surface area (Å²) in [6.45, 7) is 4.69. The Labute approximate surface area is 175 Å². The second-order valence-corrected chi connectivity index (χ2v) is 8.51. The summed E-state index contributed by atoms with van der Waals surface area (Å²) >= 11 is 1.61. The molecule has 1 fully saturated rings. The van der Waals surface area contributed by atoms with Gasteiger partial charge in [-0.2, -0.15) is 0 Å². The molecule has 2 aliphatic heterocycles. The maximum Gasteiger partial charge on any atom is 0.325 e. The molecule has 6 nitrogen and oxygen atoms in total. The van der Waals surface area contributed by atoms with Crippen molar-refractivity contribution in [1.82, 2.24) is 15.1 Å². The molecule has 7 heteroatoms. The number of hydrogen-bond donors (Lipinski definition) is 1. The van der Waals surface area contributed by atoms with Crippen LogP contribution in [0.1, 0.15) is 22.3 Å². The van der Waals surface area contributed by atoms with Crippen LogP contribution < -0.4 is 5.32 Å². The first kappa shape index (κ1) is 19.5. The van der Waals surface area contributed by atoms with Crippen molar-refractivity contribution >= 4 is 28.9 Å². The summed E-state index contributed by atoms with van der Waals surface area (Å²) in [4.78, 5) is 33.1. The Balaban J connectivity index is 1.61. The summed E-state index contributed by atoms with van der Waals surface area (Å²) < 4.78 is 0. The van der Waals surface area contributed by atoms with E-state index in [4.69, 9.17) is 4.99 Å². The lowest BCUT2D eigenvalue weighted by Gasteiger charge is -2.36. The Hall–Kier alpha value is -2.80. The molecule has 150 valence electrons. The van der Waals surface area contributed by atoms with E-state index in [9.17, 15) is 9.59 Å². The van der Waals surface area contributed by atoms with Crippen molar-refractivity contribution in [3.8, 4) is 0 Å². The smallest absolute Gasteiger partial charge is 0.325 e. The highest BCUT2D eigenvalue weighted by atomic mass is 32.2. The summed E-state index contributed by atoms with van der Waals surface area (Å²) in [5.74, 6) is 0.462. The van der Waals surface area contributed by atoms with Gasteiger partial charge in [0.05, 0.1) is 0 Å². The number of urea groups is 1. The summed E-state index contributed by atoms with van der Waals surface area (Å²) in [6.07, 6.45) is -0.499. The van der Waals surface area contributed by atoms with Crippen LogP contribution in [-0.2, 0) is 17.1 Å². The maximum absolute atomic E-state index is 12.7. The number of nitrogens with zero attached hydrogens (tertiary/aromatic N) is 3. The number of carbonyl (C=O) groups is 2. The van der Waals surface area contributed by atoms with Gasteiger partial charge in [0.25, 0.3) is 5.91 Å². The normalized spacial score (nSPS) is 21.1. The molecule has 0 saturated carbocycles. The van der Waals surface area contributed by atoms with Crippen LogP contribution in [0.2, 0.25) is 0 Å². The number of aryl methyl sites for hydroxylation is 2. The quantitative estimate of drug-likeness (QED) is 0.843. The van der Waals surface area contributed by atoms with Crippen LogP contribution in [0.5, 0.6) is 0 Å². The predicted molar refractivity (Wildman–Crippen MR) is 116 cm³/mol. The van der Waals surface area contributed by atoms with Crippen molar-refractivity contribution in [3.63, 3.8) is 0 Å². The molecule has 2 heterocycles. The number of benzene rings is 2. The number of amidine groups is 1. The van der Waals surface area contributed by atoms with Crippen molar-refractivity contribution in [2.45, 2.75) is 38.4 Å². The largest absolute Gasteiger partial charge is 0.331 e. The number of thioether (sulfide) groups is 1. The van der Waals surface area contributed by atoms with Crippen LogP contribution in [0.25, 0.3) is 0 Å². The zero-order valence-electron chi connectivity index (χ0n) is 16.8. The number of likely N-dealkylation sites (N-methyl/N-ethyl adjacent to an activating group) is 1. The zero-order valence-corrected chi connectivity index (χ0v) is 17.6. The number of imide groups is 1. The van der Waals surface area contributed by atoms with Crippen molar-refractivity contribution in [1.29, 1.82) is 0 Å². The molecule has 3 amide bonds. The standard InChI is InChI=1S/C22H24N4O2S/c1-14-6-4-8-16(10-14)12-26-18-19(25(3)21(28)24-20(18)27)23-22(26)29-13-17-9-5-7-15(2)11-17/h4-11,18-19H,12-13H2,1-3H3,(H,24,27,28). The van der Waals surface area contributed by atoms with Crippen LogP contribution in [0, 0.1) is 13.8 Å². The van der Waals surface area contributed by atoms with Gasteiger partial charge < -0.3 is 9.80 Å². The third kappa shape index (κ3) is 4.00. The fourth-order valence-electron chi connectivity index (χ4n) is 3.74. The molecule has 2 aliphatic rings. The highest BCUT2D eigenvalue weighted by Crippen LogP contribution is 2.31. The van der Waals surface area contributed by atoms with Crippen molar-refractivity contribution in [2.75, 3.05) is 7.05 Å². The summed E-state index contributed by atoms with van der Waals surface area (Å²) in [5.41, 5.74) is 4.70. The van der Waals surface area contributed by atoms with Crippen molar-refractivity contribution in [3.05, 3.63) is 70.8 Å². The summed E-state index contributed by atoms with van der Waals surface area (Å²) in [6, 6.07) is 15.7. The molecule has 2 atom stereocenters. The minimum Gasteiger partial charge on any atom is -0.331 e. The number of carbonyl (C=O) groups excluding carboxylic acids is 2. The highest BCUT2D eigenvalue weighted by Gasteiger charge is 2.48. The Morgan fingerprint density at radius 2 is 1.69 bits per heavy atom. The average molecular weight is 409 g/mol. The number of rotatable bonds is 4. The van der Waals surface area contributed by atoms with E-state index in [0.717, 1.165) is 16.5 Å². The van der Waals surface area contributed by atoms with E-state index in [2.05, 4.69) is 55.6 Å². The molecule has 2 aromatic carbocycles. The number of amides is 3. The molecule has 29 heavy (non-hydrogen) atoms. The second-order valence-electron chi connectivity index (χ2n) is 7.57. The van der Waals surface area contributed by atoms with Gasteiger partial charge in [0.15, 0.2) is 17.4 Å². The van der Waals surface area contributed by atoms with Gasteiger partial charge in [0, 0.05) is 19.3 Å². The van der Waals surface area contributed by atoms with Gasteiger partial charge in [0.2, 0.25) is 0 Å². The SMILES string of the molecule is Cc1cccc(CSC2=NC3C(C(=O)NC(=O)N3C)N2Cc2cccc(C)c2)c1. The van der Waals surface area contributed by atoms with E-state index in [-0.39, 0.29) is 5.91 Å². The molecule has 0 spiro atoms. The molecule has 2 unspecified atom stereocenters. The zero-order chi connectivity index (χ0) is 20.5. The van der Waals surface area contributed by atoms with E-state index in [0.29, 0.717) is 6.54 Å². The molecular weight excluding hydrogens is 384 g/mol. The second kappa shape index (κ2) is 7.91. The Kier molecular flexibility index (Phi) is 5.32. The predicted octanol–water partition coefficient (Wildman–Crippen LogP) is 3.28. The fraction of sp³-hybridized carbons (Fsp3) is 0.318. The van der Waals surface area contributed by atoms with Crippen LogP contribution in [-0.4, -0.2) is 46.2 Å². The highest BCUT2D eigenvalue weighted by molar-refractivity contribution is 8.13. The van der Waals surface area contributed by atoms with Gasteiger partial charge in [0.1, 0.15) is 0 Å². The Morgan fingerprint density at radius 3 is 2.38 bits per heavy atom. The number of fused-ring (bicyclic) bond motifs is 1. The van der Waals surface area contributed by atoms with Gasteiger partial charge in [-0.1, -0.05) is 71.4 Å². The van der Waals surface area contributed by atoms with Gasteiger partial charge in [-0.05, 0) is 25.0 Å². The third-order valence-electron chi connectivity index (χ3n) is 5.21. The summed E-state index contributed by atoms with van der Waals surface area (Å²) in [7, 11) is 1.68. The Bertz CT molecular complexity index is 990. The van der Waals surface area contributed by atoms with Gasteiger partial charge in [-0.15, -0.1) is 0 Å². The van der Waals surface area contributed by atoms with E-state index in [1.807, 2.05) is 17.0 Å². The number of hydrogen-bond acceptors (Lipinski definition) is 5. The molecule has 0 bridgehead atoms. The van der Waals surface area contributed by atoms with Crippen LogP contribution in [0.15, 0.2) is 53.5 Å². The molecule has 1 N–H and O–H groups in total. The summed E-state index contributed by atoms with van der Waals surface area (Å²) in [5, 5.41) is 3.24. The van der Waals surface area contributed by atoms with Crippen LogP contribution >= 0.6 is 11.8 Å². The molecular formula is C22H24N4O2S. The van der Waals surface area contributed by atoms with Crippen molar-refractivity contribution < 1.29 is 9.59 Å². The Morgan fingerprint density at radius 1 is 1.03 bits per heavy atom. The molecule has 4 rings (SSSR count). The number of aliphatic imine (C=N–C) groups is 1. The first-order valence-electron chi connectivity index (χ1n) is 9.58. The van der Waals surface area contributed by atoms with E-state index in [1.54, 1.807) is 18.8 Å². The molecule has 0 radical (unpaired) electrons. The van der Waals surface area contributed by atoms with E-state index < -0.39 is 18.2 Å². The number of nitrogens with one attached hydrogen (secondary N) is 1. The van der Waals surface area contributed by atoms with E-state index in [1.165, 1.54) is 21.6 Å². The first-order chi connectivity index (χ1) is 13.9. The average Bonchev–Trinajstić information content (AvgIpc) is 3.03. The van der Waals surface area contributed by atoms with Crippen LogP contribution in [0.3, 0.4) is 0 Å². The minimum absolute atomic E-state index is 0.291. The van der Waals surface area contributed by atoms with Crippen LogP contribution in [0.4, 0.5) is 4.79 Å². The monoisotopic (exact) mass is 408 g/mol. The van der Waals surface area contributed by atoms with Gasteiger partial charge in [-0.3, -0.25) is 10.1 Å². The van der Waals surface area contributed by atoms with E-state index >= 15 is 0 Å².